The van der Waals surface area contributed by atoms with Crippen LogP contribution >= 0.6 is 0 Å². The Labute approximate surface area is 127 Å². The average Bonchev–Trinajstić information content (AvgIpc) is 2.50. The predicted octanol–water partition coefficient (Wildman–Crippen LogP) is 2.28. The zero-order valence-corrected chi connectivity index (χ0v) is 13.4. The lowest BCUT2D eigenvalue weighted by atomic mass is 10.1. The van der Waals surface area contributed by atoms with E-state index in [1.165, 1.54) is 5.56 Å². The summed E-state index contributed by atoms with van der Waals surface area (Å²) < 4.78 is 26.2. The SMILES string of the molecule is CCCNCc1ccc(CS(=O)(=O)N2CC=CCC2)cc1. The first-order chi connectivity index (χ1) is 10.1. The number of hydrogen-bond donors (Lipinski definition) is 1. The van der Waals surface area contributed by atoms with Gasteiger partial charge in [-0.1, -0.05) is 43.3 Å². The van der Waals surface area contributed by atoms with Crippen molar-refractivity contribution in [2.24, 2.45) is 0 Å². The molecular weight excluding hydrogens is 284 g/mol. The number of sulfonamides is 1. The molecule has 0 atom stereocenters. The largest absolute Gasteiger partial charge is 0.313 e. The van der Waals surface area contributed by atoms with E-state index in [1.807, 2.05) is 36.4 Å². The molecule has 0 aliphatic carbocycles. The number of hydrogen-bond acceptors (Lipinski definition) is 3. The van der Waals surface area contributed by atoms with E-state index in [9.17, 15) is 8.42 Å². The van der Waals surface area contributed by atoms with Crippen molar-refractivity contribution in [3.8, 4) is 0 Å². The molecule has 21 heavy (non-hydrogen) atoms. The van der Waals surface area contributed by atoms with Gasteiger partial charge >= 0.3 is 0 Å². The Morgan fingerprint density at radius 1 is 1.14 bits per heavy atom. The second-order valence-corrected chi connectivity index (χ2v) is 7.34. The summed E-state index contributed by atoms with van der Waals surface area (Å²) in [5.41, 5.74) is 2.04. The van der Waals surface area contributed by atoms with Gasteiger partial charge in [0.25, 0.3) is 0 Å². The smallest absolute Gasteiger partial charge is 0.218 e. The summed E-state index contributed by atoms with van der Waals surface area (Å²) in [7, 11) is -3.20. The van der Waals surface area contributed by atoms with Crippen molar-refractivity contribution in [2.45, 2.75) is 32.1 Å². The van der Waals surface area contributed by atoms with Crippen LogP contribution in [0.15, 0.2) is 36.4 Å². The Balaban J connectivity index is 1.94. The van der Waals surface area contributed by atoms with Gasteiger partial charge in [-0.25, -0.2) is 8.42 Å². The molecule has 1 heterocycles. The number of nitrogens with one attached hydrogen (secondary N) is 1. The molecule has 0 aromatic heterocycles. The van der Waals surface area contributed by atoms with E-state index < -0.39 is 10.0 Å². The van der Waals surface area contributed by atoms with Crippen LogP contribution in [0.25, 0.3) is 0 Å². The normalized spacial score (nSPS) is 16.2. The van der Waals surface area contributed by atoms with Gasteiger partial charge in [-0.3, -0.25) is 0 Å². The van der Waals surface area contributed by atoms with Gasteiger partial charge in [0.15, 0.2) is 0 Å². The molecule has 1 aromatic rings. The summed E-state index contributed by atoms with van der Waals surface area (Å²) in [5.74, 6) is 0.0868. The molecule has 116 valence electrons. The van der Waals surface area contributed by atoms with Gasteiger partial charge in [0, 0.05) is 19.6 Å². The Bertz CT molecular complexity index is 564. The molecule has 2 rings (SSSR count). The van der Waals surface area contributed by atoms with Crippen molar-refractivity contribution in [3.05, 3.63) is 47.5 Å². The molecule has 1 aliphatic rings. The lowest BCUT2D eigenvalue weighted by Crippen LogP contribution is -2.34. The maximum absolute atomic E-state index is 12.3. The quantitative estimate of drug-likeness (QED) is 0.621. The van der Waals surface area contributed by atoms with Gasteiger partial charge in [-0.15, -0.1) is 0 Å². The molecule has 1 aliphatic heterocycles. The van der Waals surface area contributed by atoms with Gasteiger partial charge in [0.1, 0.15) is 0 Å². The van der Waals surface area contributed by atoms with E-state index in [1.54, 1.807) is 4.31 Å². The maximum Gasteiger partial charge on any atom is 0.218 e. The van der Waals surface area contributed by atoms with Crippen molar-refractivity contribution in [1.82, 2.24) is 9.62 Å². The van der Waals surface area contributed by atoms with Crippen LogP contribution in [-0.2, 0) is 22.3 Å². The van der Waals surface area contributed by atoms with Crippen molar-refractivity contribution in [3.63, 3.8) is 0 Å². The van der Waals surface area contributed by atoms with Crippen LogP contribution in [-0.4, -0.2) is 32.4 Å². The molecular formula is C16H24N2O2S. The highest BCUT2D eigenvalue weighted by atomic mass is 32.2. The minimum atomic E-state index is -3.20. The number of rotatable bonds is 7. The van der Waals surface area contributed by atoms with Gasteiger partial charge < -0.3 is 5.32 Å². The molecule has 5 heteroatoms. The highest BCUT2D eigenvalue weighted by molar-refractivity contribution is 7.88. The first kappa shape index (κ1) is 16.2. The summed E-state index contributed by atoms with van der Waals surface area (Å²) in [4.78, 5) is 0. The Morgan fingerprint density at radius 2 is 1.86 bits per heavy atom. The third-order valence-electron chi connectivity index (χ3n) is 3.54. The molecule has 0 bridgehead atoms. The monoisotopic (exact) mass is 308 g/mol. The third kappa shape index (κ3) is 4.95. The van der Waals surface area contributed by atoms with E-state index >= 15 is 0 Å². The van der Waals surface area contributed by atoms with Crippen LogP contribution in [0.1, 0.15) is 30.9 Å². The fourth-order valence-electron chi connectivity index (χ4n) is 2.34. The van der Waals surface area contributed by atoms with E-state index in [4.69, 9.17) is 0 Å². The molecule has 0 amide bonds. The minimum absolute atomic E-state index is 0.0868. The van der Waals surface area contributed by atoms with Crippen LogP contribution in [0.4, 0.5) is 0 Å². The lowest BCUT2D eigenvalue weighted by Gasteiger charge is -2.22. The predicted molar refractivity (Wildman–Crippen MR) is 86.4 cm³/mol. The lowest BCUT2D eigenvalue weighted by molar-refractivity contribution is 0.437. The zero-order valence-electron chi connectivity index (χ0n) is 12.6. The van der Waals surface area contributed by atoms with Crippen molar-refractivity contribution < 1.29 is 8.42 Å². The molecule has 0 fully saturated rings. The highest BCUT2D eigenvalue weighted by Crippen LogP contribution is 2.14. The fraction of sp³-hybridized carbons (Fsp3) is 0.500. The topological polar surface area (TPSA) is 49.4 Å². The molecule has 0 unspecified atom stereocenters. The van der Waals surface area contributed by atoms with Gasteiger partial charge in [-0.05, 0) is 30.5 Å². The fourth-order valence-corrected chi connectivity index (χ4v) is 3.83. The average molecular weight is 308 g/mol. The van der Waals surface area contributed by atoms with Gasteiger partial charge in [0.2, 0.25) is 10.0 Å². The Kier molecular flexibility index (Phi) is 5.96. The third-order valence-corrected chi connectivity index (χ3v) is 5.36. The van der Waals surface area contributed by atoms with E-state index in [0.29, 0.717) is 13.1 Å². The molecule has 0 radical (unpaired) electrons. The van der Waals surface area contributed by atoms with Gasteiger partial charge in [-0.2, -0.15) is 4.31 Å². The van der Waals surface area contributed by atoms with Crippen LogP contribution in [0.2, 0.25) is 0 Å². The van der Waals surface area contributed by atoms with E-state index in [2.05, 4.69) is 12.2 Å². The Hall–Kier alpha value is -1.17. The summed E-state index contributed by atoms with van der Waals surface area (Å²) in [5, 5.41) is 3.34. The molecule has 4 nitrogen and oxygen atoms in total. The standard InChI is InChI=1S/C16H24N2O2S/c1-2-10-17-13-15-6-8-16(9-7-15)14-21(19,20)18-11-4-3-5-12-18/h3-4,6-9,17H,2,5,10-14H2,1H3. The van der Waals surface area contributed by atoms with E-state index in [0.717, 1.165) is 31.5 Å². The van der Waals surface area contributed by atoms with Gasteiger partial charge in [0.05, 0.1) is 5.75 Å². The summed E-state index contributed by atoms with van der Waals surface area (Å²) in [6.07, 6.45) is 5.87. The zero-order chi connectivity index (χ0) is 15.1. The first-order valence-electron chi connectivity index (χ1n) is 7.53. The number of nitrogens with zero attached hydrogens (tertiary/aromatic N) is 1. The van der Waals surface area contributed by atoms with E-state index in [-0.39, 0.29) is 5.75 Å². The van der Waals surface area contributed by atoms with Crippen LogP contribution < -0.4 is 5.32 Å². The van der Waals surface area contributed by atoms with Crippen LogP contribution in [0.3, 0.4) is 0 Å². The van der Waals surface area contributed by atoms with Crippen LogP contribution in [0.5, 0.6) is 0 Å². The van der Waals surface area contributed by atoms with Crippen molar-refractivity contribution in [2.75, 3.05) is 19.6 Å². The number of benzene rings is 1. The second-order valence-electron chi connectivity index (χ2n) is 5.37. The summed E-state index contributed by atoms with van der Waals surface area (Å²) in [6.45, 7) is 5.06. The van der Waals surface area contributed by atoms with Crippen molar-refractivity contribution in [1.29, 1.82) is 0 Å². The molecule has 0 spiro atoms. The molecule has 1 aromatic carbocycles. The molecule has 0 saturated heterocycles. The summed E-state index contributed by atoms with van der Waals surface area (Å²) in [6, 6.07) is 7.84. The summed E-state index contributed by atoms with van der Waals surface area (Å²) >= 11 is 0. The maximum atomic E-state index is 12.3. The Morgan fingerprint density at radius 3 is 2.48 bits per heavy atom. The highest BCUT2D eigenvalue weighted by Gasteiger charge is 2.22. The second kappa shape index (κ2) is 7.73. The first-order valence-corrected chi connectivity index (χ1v) is 9.14. The van der Waals surface area contributed by atoms with Crippen molar-refractivity contribution >= 4 is 10.0 Å². The van der Waals surface area contributed by atoms with Crippen LogP contribution in [0, 0.1) is 0 Å². The minimum Gasteiger partial charge on any atom is -0.313 e. The molecule has 0 saturated carbocycles. The molecule has 1 N–H and O–H groups in total.